The van der Waals surface area contributed by atoms with E-state index < -0.39 is 10.0 Å². The van der Waals surface area contributed by atoms with Gasteiger partial charge in [0.2, 0.25) is 10.0 Å². The number of hydrogen-bond donors (Lipinski definition) is 1. The number of carbonyl (C=O) groups is 1. The summed E-state index contributed by atoms with van der Waals surface area (Å²) >= 11 is 0. The first kappa shape index (κ1) is 21.1. The van der Waals surface area contributed by atoms with Crippen LogP contribution in [0.4, 0.5) is 0 Å². The number of sulfonamides is 1. The lowest BCUT2D eigenvalue weighted by Gasteiger charge is -2.34. The van der Waals surface area contributed by atoms with Crippen LogP contribution in [-0.4, -0.2) is 59.3 Å². The minimum absolute atomic E-state index is 0.0405. The number of amides is 1. The first-order chi connectivity index (χ1) is 14.8. The quantitative estimate of drug-likeness (QED) is 0.654. The van der Waals surface area contributed by atoms with Crippen LogP contribution in [0.15, 0.2) is 65.6 Å². The van der Waals surface area contributed by atoms with Crippen molar-refractivity contribution in [3.63, 3.8) is 0 Å². The molecule has 1 saturated heterocycles. The van der Waals surface area contributed by atoms with Gasteiger partial charge in [0.15, 0.2) is 0 Å². The molecule has 2 aromatic carbocycles. The molecule has 0 saturated carbocycles. The fourth-order valence-corrected chi connectivity index (χ4v) is 5.27. The Kier molecular flexibility index (Phi) is 5.79. The Morgan fingerprint density at radius 3 is 2.19 bits per heavy atom. The molecule has 1 aromatic heterocycles. The van der Waals surface area contributed by atoms with Crippen LogP contribution in [0.2, 0.25) is 0 Å². The molecule has 0 radical (unpaired) electrons. The standard InChI is InChI=1S/C22H24N4O4S/c1-17-15-23-22(28)26(17)20-9-7-19(8-10-20)21(27)24-11-13-25(14-12-24)31(29,30)16-18-5-3-2-4-6-18/h2-10,15H,11-14,16H2,1H3,(H,23,28). The Hall–Kier alpha value is -3.17. The third-order valence-corrected chi connectivity index (χ3v) is 7.29. The number of piperazine rings is 1. The second-order valence-electron chi connectivity index (χ2n) is 7.55. The van der Waals surface area contributed by atoms with Crippen molar-refractivity contribution in [2.24, 2.45) is 0 Å². The second kappa shape index (κ2) is 8.52. The smallest absolute Gasteiger partial charge is 0.330 e. The zero-order chi connectivity index (χ0) is 22.0. The summed E-state index contributed by atoms with van der Waals surface area (Å²) in [4.78, 5) is 29.1. The monoisotopic (exact) mass is 440 g/mol. The number of hydrogen-bond acceptors (Lipinski definition) is 4. The third kappa shape index (κ3) is 4.47. The predicted molar refractivity (Wildman–Crippen MR) is 118 cm³/mol. The lowest BCUT2D eigenvalue weighted by atomic mass is 10.1. The Balaban J connectivity index is 1.40. The van der Waals surface area contributed by atoms with Crippen molar-refractivity contribution in [3.8, 4) is 5.69 Å². The van der Waals surface area contributed by atoms with E-state index in [1.165, 1.54) is 8.87 Å². The number of aromatic amines is 1. The van der Waals surface area contributed by atoms with Gasteiger partial charge >= 0.3 is 5.69 Å². The average molecular weight is 441 g/mol. The van der Waals surface area contributed by atoms with E-state index in [1.807, 2.05) is 25.1 Å². The molecule has 0 unspecified atom stereocenters. The number of imidazole rings is 1. The number of nitrogens with one attached hydrogen (secondary N) is 1. The fraction of sp³-hybridized carbons (Fsp3) is 0.273. The normalized spacial score (nSPS) is 15.2. The molecule has 0 aliphatic carbocycles. The van der Waals surface area contributed by atoms with Gasteiger partial charge in [-0.3, -0.25) is 9.36 Å². The van der Waals surface area contributed by atoms with Crippen LogP contribution < -0.4 is 5.69 Å². The maximum atomic E-state index is 12.9. The van der Waals surface area contributed by atoms with Gasteiger partial charge in [-0.25, -0.2) is 13.2 Å². The SMILES string of the molecule is Cc1c[nH]c(=O)n1-c1ccc(C(=O)N2CCN(S(=O)(=O)Cc3ccccc3)CC2)cc1. The zero-order valence-corrected chi connectivity index (χ0v) is 18.0. The Morgan fingerprint density at radius 2 is 1.61 bits per heavy atom. The summed E-state index contributed by atoms with van der Waals surface area (Å²) in [6.45, 7) is 3.05. The van der Waals surface area contributed by atoms with Crippen molar-refractivity contribution in [1.82, 2.24) is 18.8 Å². The van der Waals surface area contributed by atoms with Gasteiger partial charge in [0, 0.05) is 43.6 Å². The van der Waals surface area contributed by atoms with Crippen molar-refractivity contribution in [2.45, 2.75) is 12.7 Å². The Morgan fingerprint density at radius 1 is 0.968 bits per heavy atom. The van der Waals surface area contributed by atoms with Gasteiger partial charge in [0.05, 0.1) is 11.4 Å². The predicted octanol–water partition coefficient (Wildman–Crippen LogP) is 1.76. The molecule has 2 heterocycles. The van der Waals surface area contributed by atoms with Crippen molar-refractivity contribution in [1.29, 1.82) is 0 Å². The van der Waals surface area contributed by atoms with Crippen molar-refractivity contribution >= 4 is 15.9 Å². The van der Waals surface area contributed by atoms with Crippen molar-refractivity contribution in [3.05, 3.63) is 88.1 Å². The third-order valence-electron chi connectivity index (χ3n) is 5.44. The molecule has 1 fully saturated rings. The maximum absolute atomic E-state index is 12.9. The van der Waals surface area contributed by atoms with Crippen LogP contribution in [0, 0.1) is 6.92 Å². The summed E-state index contributed by atoms with van der Waals surface area (Å²) in [5, 5.41) is 0. The minimum Gasteiger partial charge on any atom is -0.336 e. The first-order valence-corrected chi connectivity index (χ1v) is 11.6. The zero-order valence-electron chi connectivity index (χ0n) is 17.2. The topological polar surface area (TPSA) is 95.5 Å². The number of carbonyl (C=O) groups excluding carboxylic acids is 1. The highest BCUT2D eigenvalue weighted by Gasteiger charge is 2.29. The molecule has 8 nitrogen and oxygen atoms in total. The molecule has 0 spiro atoms. The minimum atomic E-state index is -3.43. The lowest BCUT2D eigenvalue weighted by molar-refractivity contribution is 0.0698. The van der Waals surface area contributed by atoms with Crippen molar-refractivity contribution < 1.29 is 13.2 Å². The summed E-state index contributed by atoms with van der Waals surface area (Å²) in [7, 11) is -3.43. The summed E-state index contributed by atoms with van der Waals surface area (Å²) in [5.74, 6) is -0.189. The number of H-pyrrole nitrogens is 1. The van der Waals surface area contributed by atoms with Gasteiger partial charge < -0.3 is 9.88 Å². The van der Waals surface area contributed by atoms with Gasteiger partial charge in [-0.05, 0) is 36.8 Å². The summed E-state index contributed by atoms with van der Waals surface area (Å²) in [6.07, 6.45) is 1.63. The van der Waals surface area contributed by atoms with Crippen LogP contribution in [0.5, 0.6) is 0 Å². The first-order valence-electron chi connectivity index (χ1n) is 10.0. The summed E-state index contributed by atoms with van der Waals surface area (Å²) in [5.41, 5.74) is 2.47. The molecule has 1 N–H and O–H groups in total. The van der Waals surface area contributed by atoms with Gasteiger partial charge in [0.25, 0.3) is 5.91 Å². The highest BCUT2D eigenvalue weighted by molar-refractivity contribution is 7.88. The molecule has 1 aliphatic heterocycles. The van der Waals surface area contributed by atoms with Gasteiger partial charge in [-0.1, -0.05) is 30.3 Å². The van der Waals surface area contributed by atoms with E-state index in [0.29, 0.717) is 24.3 Å². The molecule has 162 valence electrons. The van der Waals surface area contributed by atoms with E-state index in [1.54, 1.807) is 47.5 Å². The largest absolute Gasteiger partial charge is 0.336 e. The average Bonchev–Trinajstić information content (AvgIpc) is 3.12. The second-order valence-corrected chi connectivity index (χ2v) is 9.52. The van der Waals surface area contributed by atoms with E-state index in [-0.39, 0.29) is 30.4 Å². The molecular weight excluding hydrogens is 416 g/mol. The molecule has 3 aromatic rings. The van der Waals surface area contributed by atoms with E-state index in [2.05, 4.69) is 4.98 Å². The summed E-state index contributed by atoms with van der Waals surface area (Å²) < 4.78 is 28.4. The van der Waals surface area contributed by atoms with E-state index in [4.69, 9.17) is 0 Å². The van der Waals surface area contributed by atoms with Crippen LogP contribution in [0.1, 0.15) is 21.6 Å². The van der Waals surface area contributed by atoms with Crippen molar-refractivity contribution in [2.75, 3.05) is 26.2 Å². The number of aryl methyl sites for hydroxylation is 1. The van der Waals surface area contributed by atoms with E-state index in [0.717, 1.165) is 11.3 Å². The maximum Gasteiger partial charge on any atom is 0.330 e. The Bertz CT molecular complexity index is 1220. The van der Waals surface area contributed by atoms with Crippen LogP contribution in [-0.2, 0) is 15.8 Å². The molecule has 0 bridgehead atoms. The molecule has 4 rings (SSSR count). The molecule has 0 atom stereocenters. The number of benzene rings is 2. The highest BCUT2D eigenvalue weighted by Crippen LogP contribution is 2.16. The molecule has 1 aliphatic rings. The molecular formula is C22H24N4O4S. The van der Waals surface area contributed by atoms with Crippen LogP contribution in [0.25, 0.3) is 5.69 Å². The Labute approximate surface area is 180 Å². The van der Waals surface area contributed by atoms with Gasteiger partial charge in [-0.2, -0.15) is 4.31 Å². The summed E-state index contributed by atoms with van der Waals surface area (Å²) in [6, 6.07) is 15.9. The highest BCUT2D eigenvalue weighted by atomic mass is 32.2. The fourth-order valence-electron chi connectivity index (χ4n) is 3.76. The molecule has 1 amide bonds. The van der Waals surface area contributed by atoms with Crippen LogP contribution in [0.3, 0.4) is 0 Å². The van der Waals surface area contributed by atoms with Gasteiger partial charge in [0.1, 0.15) is 0 Å². The molecule has 31 heavy (non-hydrogen) atoms. The number of nitrogens with zero attached hydrogens (tertiary/aromatic N) is 3. The lowest BCUT2D eigenvalue weighted by Crippen LogP contribution is -2.50. The van der Waals surface area contributed by atoms with E-state index >= 15 is 0 Å². The van der Waals surface area contributed by atoms with E-state index in [9.17, 15) is 18.0 Å². The van der Waals surface area contributed by atoms with Gasteiger partial charge in [-0.15, -0.1) is 0 Å². The number of aromatic nitrogens is 2. The molecule has 9 heteroatoms. The number of rotatable bonds is 5. The van der Waals surface area contributed by atoms with Crippen LogP contribution >= 0.6 is 0 Å².